The predicted octanol–water partition coefficient (Wildman–Crippen LogP) is 1.35. The largest absolute Gasteiger partial charge is 0.235 e. The minimum absolute atomic E-state index is 0.344. The van der Waals surface area contributed by atoms with Crippen LogP contribution in [0.3, 0.4) is 0 Å². The molecular weight excluding hydrogens is 132 g/mol. The van der Waals surface area contributed by atoms with Gasteiger partial charge in [-0.25, -0.2) is 10.1 Å². The van der Waals surface area contributed by atoms with E-state index in [0.717, 1.165) is 12.8 Å². The Hall–Kier alpha value is -0.800. The summed E-state index contributed by atoms with van der Waals surface area (Å²) in [5.74, 6) is 0. The lowest BCUT2D eigenvalue weighted by Crippen LogP contribution is -2.44. The van der Waals surface area contributed by atoms with Gasteiger partial charge in [0.2, 0.25) is 0 Å². The first-order valence-corrected chi connectivity index (χ1v) is 3.46. The van der Waals surface area contributed by atoms with E-state index in [4.69, 9.17) is 0 Å². The van der Waals surface area contributed by atoms with Gasteiger partial charge in [0.05, 0.1) is 5.54 Å². The van der Waals surface area contributed by atoms with E-state index in [1.807, 2.05) is 20.8 Å². The lowest BCUT2D eigenvalue weighted by molar-refractivity contribution is -0.559. The minimum Gasteiger partial charge on any atom is -0.235 e. The van der Waals surface area contributed by atoms with Gasteiger partial charge in [0.25, 0.3) is 0 Å². The quantitative estimate of drug-likeness (QED) is 0.481. The average Bonchev–Trinajstić information content (AvgIpc) is 1.87. The van der Waals surface area contributed by atoms with E-state index in [2.05, 4.69) is 5.43 Å². The first kappa shape index (κ1) is 9.20. The number of nitrogens with one attached hydrogen (secondary N) is 1. The Morgan fingerprint density at radius 3 is 2.00 bits per heavy atom. The van der Waals surface area contributed by atoms with Crippen LogP contribution in [-0.2, 0) is 0 Å². The Morgan fingerprint density at radius 2 is 1.90 bits per heavy atom. The van der Waals surface area contributed by atoms with Gasteiger partial charge in [-0.3, -0.25) is 0 Å². The molecule has 0 radical (unpaired) electrons. The molecule has 0 heterocycles. The zero-order valence-electron chi connectivity index (χ0n) is 6.68. The van der Waals surface area contributed by atoms with Crippen molar-refractivity contribution in [1.29, 1.82) is 0 Å². The molecule has 10 heavy (non-hydrogen) atoms. The SMILES string of the molecule is CCC(C)(CC)N[N+](=O)[O-]. The standard InChI is InChI=1S/C6H14N2O2/c1-4-6(3,5-2)7-8(9)10/h7H,4-5H2,1-3H3. The lowest BCUT2D eigenvalue weighted by Gasteiger charge is -2.21. The van der Waals surface area contributed by atoms with Crippen LogP contribution in [0.5, 0.6) is 0 Å². The molecule has 0 rings (SSSR count). The Labute approximate surface area is 60.7 Å². The maximum atomic E-state index is 10.0. The molecule has 0 unspecified atom stereocenters. The number of hydrogen-bond donors (Lipinski definition) is 1. The molecule has 0 aliphatic heterocycles. The highest BCUT2D eigenvalue weighted by Crippen LogP contribution is 2.12. The Morgan fingerprint density at radius 1 is 1.50 bits per heavy atom. The van der Waals surface area contributed by atoms with E-state index < -0.39 is 5.03 Å². The van der Waals surface area contributed by atoms with E-state index in [1.165, 1.54) is 0 Å². The molecule has 0 amide bonds. The number of hydrazine groups is 1. The van der Waals surface area contributed by atoms with E-state index in [-0.39, 0.29) is 5.54 Å². The van der Waals surface area contributed by atoms with E-state index in [9.17, 15) is 10.1 Å². The van der Waals surface area contributed by atoms with Crippen molar-refractivity contribution in [3.8, 4) is 0 Å². The molecule has 0 fully saturated rings. The van der Waals surface area contributed by atoms with Crippen molar-refractivity contribution < 1.29 is 5.03 Å². The molecule has 1 N–H and O–H groups in total. The smallest absolute Gasteiger partial charge is 0.158 e. The maximum Gasteiger partial charge on any atom is 0.158 e. The fourth-order valence-corrected chi connectivity index (χ4v) is 0.629. The molecule has 0 saturated carbocycles. The second-order valence-electron chi connectivity index (χ2n) is 2.64. The first-order chi connectivity index (χ1) is 4.54. The van der Waals surface area contributed by atoms with Crippen LogP contribution in [0.2, 0.25) is 0 Å². The molecular formula is C6H14N2O2. The van der Waals surface area contributed by atoms with Crippen molar-refractivity contribution in [2.75, 3.05) is 0 Å². The van der Waals surface area contributed by atoms with Crippen LogP contribution in [0.1, 0.15) is 33.6 Å². The van der Waals surface area contributed by atoms with Gasteiger partial charge in [-0.15, -0.1) is 5.43 Å². The van der Waals surface area contributed by atoms with E-state index in [0.29, 0.717) is 0 Å². The predicted molar refractivity (Wildman–Crippen MR) is 39.1 cm³/mol. The summed E-state index contributed by atoms with van der Waals surface area (Å²) in [4.78, 5) is 10.0. The van der Waals surface area contributed by atoms with Crippen LogP contribution >= 0.6 is 0 Å². The molecule has 4 heteroatoms. The number of nitrogens with zero attached hydrogens (tertiary/aromatic N) is 1. The van der Waals surface area contributed by atoms with Gasteiger partial charge in [-0.05, 0) is 19.8 Å². The molecule has 0 aromatic rings. The zero-order chi connectivity index (χ0) is 8.20. The van der Waals surface area contributed by atoms with Gasteiger partial charge >= 0.3 is 0 Å². The van der Waals surface area contributed by atoms with Crippen molar-refractivity contribution in [3.05, 3.63) is 10.1 Å². The second-order valence-corrected chi connectivity index (χ2v) is 2.64. The minimum atomic E-state index is -0.479. The average molecular weight is 146 g/mol. The van der Waals surface area contributed by atoms with Crippen LogP contribution in [0.4, 0.5) is 0 Å². The van der Waals surface area contributed by atoms with E-state index in [1.54, 1.807) is 0 Å². The zero-order valence-corrected chi connectivity index (χ0v) is 6.68. The van der Waals surface area contributed by atoms with Gasteiger partial charge in [-0.1, -0.05) is 13.8 Å². The van der Waals surface area contributed by atoms with Crippen molar-refractivity contribution >= 4 is 0 Å². The summed E-state index contributed by atoms with van der Waals surface area (Å²) in [7, 11) is 0. The summed E-state index contributed by atoms with van der Waals surface area (Å²) < 4.78 is 0. The van der Waals surface area contributed by atoms with Gasteiger partial charge in [0.15, 0.2) is 5.03 Å². The fourth-order valence-electron chi connectivity index (χ4n) is 0.629. The Balaban J connectivity index is 3.92. The molecule has 60 valence electrons. The molecule has 4 nitrogen and oxygen atoms in total. The van der Waals surface area contributed by atoms with Crippen LogP contribution < -0.4 is 5.43 Å². The highest BCUT2D eigenvalue weighted by Gasteiger charge is 2.23. The maximum absolute atomic E-state index is 10.0. The normalized spacial score (nSPS) is 11.1. The monoisotopic (exact) mass is 146 g/mol. The van der Waals surface area contributed by atoms with Gasteiger partial charge in [0, 0.05) is 0 Å². The third-order valence-corrected chi connectivity index (χ3v) is 1.92. The summed E-state index contributed by atoms with van der Waals surface area (Å²) in [5.41, 5.74) is 1.93. The van der Waals surface area contributed by atoms with Gasteiger partial charge < -0.3 is 0 Å². The molecule has 0 bridgehead atoms. The first-order valence-electron chi connectivity index (χ1n) is 3.46. The molecule has 0 aliphatic rings. The molecule has 0 aliphatic carbocycles. The van der Waals surface area contributed by atoms with Crippen molar-refractivity contribution in [1.82, 2.24) is 5.43 Å². The third kappa shape index (κ3) is 2.66. The summed E-state index contributed by atoms with van der Waals surface area (Å²) in [6, 6.07) is 0. The fraction of sp³-hybridized carbons (Fsp3) is 1.00. The highest BCUT2D eigenvalue weighted by molar-refractivity contribution is 4.74. The number of hydrogen-bond acceptors (Lipinski definition) is 2. The Kier molecular flexibility index (Phi) is 3.12. The van der Waals surface area contributed by atoms with Crippen LogP contribution in [-0.4, -0.2) is 10.6 Å². The summed E-state index contributed by atoms with van der Waals surface area (Å²) in [5, 5.41) is 9.55. The molecule has 0 spiro atoms. The molecule has 0 saturated heterocycles. The van der Waals surface area contributed by atoms with Gasteiger partial charge in [-0.2, -0.15) is 0 Å². The number of rotatable bonds is 4. The summed E-state index contributed by atoms with van der Waals surface area (Å²) in [6.07, 6.45) is 1.54. The third-order valence-electron chi connectivity index (χ3n) is 1.92. The second kappa shape index (κ2) is 3.39. The van der Waals surface area contributed by atoms with Crippen molar-refractivity contribution in [3.63, 3.8) is 0 Å². The summed E-state index contributed by atoms with van der Waals surface area (Å²) >= 11 is 0. The van der Waals surface area contributed by atoms with Crippen LogP contribution in [0.25, 0.3) is 0 Å². The topological polar surface area (TPSA) is 55.2 Å². The van der Waals surface area contributed by atoms with Crippen molar-refractivity contribution in [2.24, 2.45) is 0 Å². The van der Waals surface area contributed by atoms with E-state index >= 15 is 0 Å². The molecule has 0 atom stereocenters. The highest BCUT2D eigenvalue weighted by atomic mass is 16.7. The Bertz CT molecular complexity index is 121. The molecule has 0 aromatic heterocycles. The van der Waals surface area contributed by atoms with Gasteiger partial charge in [0.1, 0.15) is 0 Å². The van der Waals surface area contributed by atoms with Crippen molar-refractivity contribution in [2.45, 2.75) is 39.2 Å². The summed E-state index contributed by atoms with van der Waals surface area (Å²) in [6.45, 7) is 5.70. The van der Waals surface area contributed by atoms with Crippen LogP contribution in [0, 0.1) is 10.1 Å². The number of nitro groups is 1. The molecule has 0 aromatic carbocycles. The van der Waals surface area contributed by atoms with Crippen LogP contribution in [0.15, 0.2) is 0 Å². The lowest BCUT2D eigenvalue weighted by atomic mass is 9.97.